The molecule has 174 valence electrons. The SMILES string of the molecule is COc1ncc(Cl)cc1-c1cccc(C2(C)N=C(N)N(CC3CCN(C(C)=O)CC3)C2=O)c1. The third-order valence-corrected chi connectivity index (χ3v) is 6.73. The fourth-order valence-electron chi connectivity index (χ4n) is 4.54. The molecule has 2 aromatic rings. The molecule has 9 heteroatoms. The number of aliphatic imine (C=N–C) groups is 1. The Hall–Kier alpha value is -3.13. The lowest BCUT2D eigenvalue weighted by Crippen LogP contribution is -2.46. The van der Waals surface area contributed by atoms with Crippen LogP contribution in [0, 0.1) is 5.92 Å². The Morgan fingerprint density at radius 3 is 2.70 bits per heavy atom. The molecule has 0 spiro atoms. The van der Waals surface area contributed by atoms with E-state index in [2.05, 4.69) is 9.98 Å². The minimum Gasteiger partial charge on any atom is -0.481 e. The zero-order valence-corrected chi connectivity index (χ0v) is 19.8. The monoisotopic (exact) mass is 469 g/mol. The van der Waals surface area contributed by atoms with E-state index in [1.807, 2.05) is 29.2 Å². The third kappa shape index (κ3) is 4.39. The molecule has 1 fully saturated rings. The first-order chi connectivity index (χ1) is 15.7. The zero-order chi connectivity index (χ0) is 23.8. The van der Waals surface area contributed by atoms with Crippen LogP contribution in [0.2, 0.25) is 5.02 Å². The highest BCUT2D eigenvalue weighted by atomic mass is 35.5. The number of ether oxygens (including phenoxy) is 1. The molecule has 2 aliphatic heterocycles. The fourth-order valence-corrected chi connectivity index (χ4v) is 4.70. The zero-order valence-electron chi connectivity index (χ0n) is 19.0. The molecule has 8 nitrogen and oxygen atoms in total. The van der Waals surface area contributed by atoms with Crippen LogP contribution in [0.15, 0.2) is 41.5 Å². The van der Waals surface area contributed by atoms with Gasteiger partial charge in [0.25, 0.3) is 5.91 Å². The van der Waals surface area contributed by atoms with Crippen molar-refractivity contribution in [1.82, 2.24) is 14.8 Å². The van der Waals surface area contributed by atoms with Gasteiger partial charge in [-0.05, 0) is 48.9 Å². The number of hydrogen-bond acceptors (Lipinski definition) is 6. The molecule has 1 unspecified atom stereocenters. The first-order valence-corrected chi connectivity index (χ1v) is 11.3. The molecule has 1 saturated heterocycles. The molecule has 1 aromatic heterocycles. The minimum absolute atomic E-state index is 0.0887. The van der Waals surface area contributed by atoms with Crippen molar-refractivity contribution >= 4 is 29.4 Å². The number of piperidine rings is 1. The second-order valence-corrected chi connectivity index (χ2v) is 9.14. The van der Waals surface area contributed by atoms with E-state index in [4.69, 9.17) is 22.1 Å². The molecule has 0 bridgehead atoms. The molecule has 1 atom stereocenters. The lowest BCUT2D eigenvalue weighted by Gasteiger charge is -2.33. The molecular formula is C24H28ClN5O3. The summed E-state index contributed by atoms with van der Waals surface area (Å²) in [6.45, 7) is 5.28. The molecule has 2 aliphatic rings. The van der Waals surface area contributed by atoms with Crippen molar-refractivity contribution in [2.75, 3.05) is 26.7 Å². The molecule has 1 aromatic carbocycles. The summed E-state index contributed by atoms with van der Waals surface area (Å²) >= 11 is 6.16. The smallest absolute Gasteiger partial charge is 0.261 e. The summed E-state index contributed by atoms with van der Waals surface area (Å²) in [5.41, 5.74) is 7.38. The normalized spacial score (nSPS) is 21.3. The van der Waals surface area contributed by atoms with Crippen molar-refractivity contribution < 1.29 is 14.3 Å². The molecule has 0 aliphatic carbocycles. The Kier molecular flexibility index (Phi) is 6.30. The summed E-state index contributed by atoms with van der Waals surface area (Å²) in [6.07, 6.45) is 3.20. The van der Waals surface area contributed by atoms with Gasteiger partial charge >= 0.3 is 0 Å². The van der Waals surface area contributed by atoms with Crippen molar-refractivity contribution in [2.45, 2.75) is 32.2 Å². The Morgan fingerprint density at radius 1 is 1.30 bits per heavy atom. The molecule has 2 N–H and O–H groups in total. The number of likely N-dealkylation sites (tertiary alicyclic amines) is 1. The number of amides is 2. The first-order valence-electron chi connectivity index (χ1n) is 11.0. The Morgan fingerprint density at radius 2 is 2.03 bits per heavy atom. The number of rotatable bonds is 5. The first kappa shape index (κ1) is 23.0. The summed E-state index contributed by atoms with van der Waals surface area (Å²) in [7, 11) is 1.55. The summed E-state index contributed by atoms with van der Waals surface area (Å²) in [6, 6.07) is 9.34. The van der Waals surface area contributed by atoms with E-state index in [0.29, 0.717) is 30.5 Å². The number of guanidine groups is 1. The maximum absolute atomic E-state index is 13.5. The average molecular weight is 470 g/mol. The number of pyridine rings is 1. The van der Waals surface area contributed by atoms with E-state index >= 15 is 0 Å². The van der Waals surface area contributed by atoms with Crippen LogP contribution >= 0.6 is 11.6 Å². The number of carbonyl (C=O) groups excluding carboxylic acids is 2. The van der Waals surface area contributed by atoms with Gasteiger partial charge in [0.2, 0.25) is 11.8 Å². The van der Waals surface area contributed by atoms with Gasteiger partial charge in [-0.2, -0.15) is 0 Å². The Bertz CT molecular complexity index is 1110. The topological polar surface area (TPSA) is 101 Å². The van der Waals surface area contributed by atoms with Crippen LogP contribution in [0.1, 0.15) is 32.3 Å². The molecule has 3 heterocycles. The van der Waals surface area contributed by atoms with Gasteiger partial charge in [0.1, 0.15) is 0 Å². The number of halogens is 1. The van der Waals surface area contributed by atoms with E-state index in [1.165, 1.54) is 6.20 Å². The number of aromatic nitrogens is 1. The van der Waals surface area contributed by atoms with Crippen LogP contribution in [-0.4, -0.2) is 59.3 Å². The van der Waals surface area contributed by atoms with Gasteiger partial charge in [0.15, 0.2) is 11.5 Å². The number of nitrogens with zero attached hydrogens (tertiary/aromatic N) is 4. The van der Waals surface area contributed by atoms with Crippen molar-refractivity contribution in [2.24, 2.45) is 16.6 Å². The van der Waals surface area contributed by atoms with E-state index in [-0.39, 0.29) is 23.7 Å². The van der Waals surface area contributed by atoms with Gasteiger partial charge in [0.05, 0.1) is 12.1 Å². The van der Waals surface area contributed by atoms with Gasteiger partial charge in [-0.3, -0.25) is 14.5 Å². The summed E-state index contributed by atoms with van der Waals surface area (Å²) in [5, 5.41) is 0.489. The maximum Gasteiger partial charge on any atom is 0.261 e. The molecule has 33 heavy (non-hydrogen) atoms. The molecule has 0 radical (unpaired) electrons. The second kappa shape index (κ2) is 9.02. The third-order valence-electron chi connectivity index (χ3n) is 6.52. The second-order valence-electron chi connectivity index (χ2n) is 8.70. The number of hydrogen-bond donors (Lipinski definition) is 1. The maximum atomic E-state index is 13.5. The van der Waals surface area contributed by atoms with Crippen LogP contribution in [0.4, 0.5) is 0 Å². The van der Waals surface area contributed by atoms with Crippen LogP contribution in [-0.2, 0) is 15.1 Å². The number of nitrogens with two attached hydrogens (primary N) is 1. The Balaban J connectivity index is 1.57. The van der Waals surface area contributed by atoms with Crippen molar-refractivity contribution in [3.05, 3.63) is 47.1 Å². The van der Waals surface area contributed by atoms with Crippen molar-refractivity contribution in [3.63, 3.8) is 0 Å². The Labute approximate surface area is 198 Å². The minimum atomic E-state index is -1.13. The highest BCUT2D eigenvalue weighted by molar-refractivity contribution is 6.30. The van der Waals surface area contributed by atoms with E-state index < -0.39 is 5.54 Å². The highest BCUT2D eigenvalue weighted by Crippen LogP contribution is 2.37. The quantitative estimate of drug-likeness (QED) is 0.725. The van der Waals surface area contributed by atoms with Gasteiger partial charge in [-0.1, -0.05) is 29.8 Å². The van der Waals surface area contributed by atoms with Gasteiger partial charge in [-0.25, -0.2) is 9.98 Å². The fraction of sp³-hybridized carbons (Fsp3) is 0.417. The molecule has 2 amide bonds. The predicted molar refractivity (Wildman–Crippen MR) is 127 cm³/mol. The van der Waals surface area contributed by atoms with E-state index in [0.717, 1.165) is 29.5 Å². The van der Waals surface area contributed by atoms with E-state index in [1.54, 1.807) is 31.9 Å². The highest BCUT2D eigenvalue weighted by Gasteiger charge is 2.46. The van der Waals surface area contributed by atoms with Crippen LogP contribution in [0.5, 0.6) is 5.88 Å². The van der Waals surface area contributed by atoms with Crippen LogP contribution < -0.4 is 10.5 Å². The molecule has 0 saturated carbocycles. The largest absolute Gasteiger partial charge is 0.481 e. The molecular weight excluding hydrogens is 442 g/mol. The number of carbonyl (C=O) groups is 2. The lowest BCUT2D eigenvalue weighted by atomic mass is 9.89. The summed E-state index contributed by atoms with van der Waals surface area (Å²) in [4.78, 5) is 37.4. The van der Waals surface area contributed by atoms with Crippen LogP contribution in [0.25, 0.3) is 11.1 Å². The summed E-state index contributed by atoms with van der Waals surface area (Å²) < 4.78 is 5.39. The standard InChI is InChI=1S/C24H28ClN5O3/c1-15(31)29-9-7-16(8-10-29)14-30-22(32)24(2,28-23(30)26)18-6-4-5-17(11-18)20-12-19(25)13-27-21(20)33-3/h4-6,11-13,16H,7-10,14H2,1-3H3,(H2,26,28). The van der Waals surface area contributed by atoms with Crippen molar-refractivity contribution in [1.29, 1.82) is 0 Å². The van der Waals surface area contributed by atoms with E-state index in [9.17, 15) is 9.59 Å². The predicted octanol–water partition coefficient (Wildman–Crippen LogP) is 3.04. The van der Waals surface area contributed by atoms with Crippen molar-refractivity contribution in [3.8, 4) is 17.0 Å². The van der Waals surface area contributed by atoms with Crippen LogP contribution in [0.3, 0.4) is 0 Å². The number of benzene rings is 1. The average Bonchev–Trinajstić information content (AvgIpc) is 3.03. The number of methoxy groups -OCH3 is 1. The van der Waals surface area contributed by atoms with Gasteiger partial charge < -0.3 is 15.4 Å². The molecule has 4 rings (SSSR count). The lowest BCUT2D eigenvalue weighted by molar-refractivity contribution is -0.133. The summed E-state index contributed by atoms with van der Waals surface area (Å²) in [5.74, 6) is 0.881. The van der Waals surface area contributed by atoms with Gasteiger partial charge in [0, 0.05) is 38.3 Å². The van der Waals surface area contributed by atoms with Gasteiger partial charge in [-0.15, -0.1) is 0 Å².